The molecule has 0 unspecified atom stereocenters. The quantitative estimate of drug-likeness (QED) is 0.608. The minimum Gasteiger partial charge on any atom is -0.494 e. The first kappa shape index (κ1) is 17.4. The molecule has 0 saturated carbocycles. The van der Waals surface area contributed by atoms with Crippen LogP contribution in [0.25, 0.3) is 11.0 Å². The van der Waals surface area contributed by atoms with Gasteiger partial charge in [0.1, 0.15) is 5.75 Å². The number of fused-ring (bicyclic) bond motifs is 1. The summed E-state index contributed by atoms with van der Waals surface area (Å²) in [7, 11) is 0. The van der Waals surface area contributed by atoms with E-state index >= 15 is 0 Å². The maximum absolute atomic E-state index is 12.0. The Labute approximate surface area is 151 Å². The molecule has 3 rings (SSSR count). The van der Waals surface area contributed by atoms with Crippen LogP contribution in [0, 0.1) is 0 Å². The van der Waals surface area contributed by atoms with Crippen LogP contribution in [0.2, 0.25) is 0 Å². The molecule has 0 aliphatic rings. The van der Waals surface area contributed by atoms with E-state index in [-0.39, 0.29) is 5.91 Å². The number of nitrogens with zero attached hydrogens (tertiary/aromatic N) is 1. The third-order valence-electron chi connectivity index (χ3n) is 3.66. The molecule has 6 heteroatoms. The zero-order valence-corrected chi connectivity index (χ0v) is 14.9. The summed E-state index contributed by atoms with van der Waals surface area (Å²) in [5, 5.41) is 3.68. The lowest BCUT2D eigenvalue weighted by atomic mass is 10.1. The Hall–Kier alpha value is -2.47. The first-order chi connectivity index (χ1) is 12.2. The van der Waals surface area contributed by atoms with Gasteiger partial charge in [-0.3, -0.25) is 4.79 Å². The summed E-state index contributed by atoms with van der Waals surface area (Å²) in [5.74, 6) is 1.16. The molecule has 0 aliphatic heterocycles. The lowest BCUT2D eigenvalue weighted by Crippen LogP contribution is -2.27. The summed E-state index contributed by atoms with van der Waals surface area (Å²) >= 11 is 1.40. The van der Waals surface area contributed by atoms with Crippen molar-refractivity contribution in [2.45, 2.75) is 18.5 Å². The molecule has 130 valence electrons. The molecule has 1 heterocycles. The average molecular weight is 355 g/mol. The van der Waals surface area contributed by atoms with Crippen LogP contribution in [0.1, 0.15) is 12.5 Å². The fraction of sp³-hybridized carbons (Fsp3) is 0.263. The van der Waals surface area contributed by atoms with Crippen molar-refractivity contribution in [1.29, 1.82) is 0 Å². The zero-order chi connectivity index (χ0) is 17.5. The summed E-state index contributed by atoms with van der Waals surface area (Å²) in [4.78, 5) is 19.7. The first-order valence-electron chi connectivity index (χ1n) is 8.30. The summed E-state index contributed by atoms with van der Waals surface area (Å²) in [6.45, 7) is 3.22. The van der Waals surface area contributed by atoms with Gasteiger partial charge in [-0.2, -0.15) is 0 Å². The van der Waals surface area contributed by atoms with Gasteiger partial charge < -0.3 is 15.0 Å². The molecule has 2 aromatic carbocycles. The molecule has 0 atom stereocenters. The standard InChI is InChI=1S/C19H21N3O2S/c1-2-24-15-8-9-16-17(12-15)22-19(21-16)25-13-18(23)20-11-10-14-6-4-3-5-7-14/h3-9,12H,2,10-11,13H2,1H3,(H,20,23)(H,21,22). The van der Waals surface area contributed by atoms with Gasteiger partial charge in [0.25, 0.3) is 0 Å². The normalized spacial score (nSPS) is 10.8. The van der Waals surface area contributed by atoms with Gasteiger partial charge in [0.15, 0.2) is 5.16 Å². The number of carbonyl (C=O) groups excluding carboxylic acids is 1. The third-order valence-corrected chi connectivity index (χ3v) is 4.53. The molecule has 0 fully saturated rings. The maximum atomic E-state index is 12.0. The molecular formula is C19H21N3O2S. The van der Waals surface area contributed by atoms with Gasteiger partial charge in [0, 0.05) is 12.6 Å². The van der Waals surface area contributed by atoms with E-state index in [1.165, 1.54) is 17.3 Å². The molecule has 25 heavy (non-hydrogen) atoms. The van der Waals surface area contributed by atoms with Crippen molar-refractivity contribution in [3.63, 3.8) is 0 Å². The Morgan fingerprint density at radius 2 is 2.08 bits per heavy atom. The van der Waals surface area contributed by atoms with Crippen molar-refractivity contribution in [2.75, 3.05) is 18.9 Å². The molecule has 2 N–H and O–H groups in total. The molecule has 1 amide bonds. The van der Waals surface area contributed by atoms with E-state index in [2.05, 4.69) is 27.4 Å². The highest BCUT2D eigenvalue weighted by Crippen LogP contribution is 2.23. The number of aromatic nitrogens is 2. The van der Waals surface area contributed by atoms with Gasteiger partial charge in [0.05, 0.1) is 23.4 Å². The van der Waals surface area contributed by atoms with Gasteiger partial charge >= 0.3 is 0 Å². The van der Waals surface area contributed by atoms with E-state index in [9.17, 15) is 4.79 Å². The predicted octanol–water partition coefficient (Wildman–Crippen LogP) is 3.41. The van der Waals surface area contributed by atoms with E-state index < -0.39 is 0 Å². The van der Waals surface area contributed by atoms with Crippen LogP contribution >= 0.6 is 11.8 Å². The molecule has 1 aromatic heterocycles. The van der Waals surface area contributed by atoms with Crippen LogP contribution in [-0.2, 0) is 11.2 Å². The van der Waals surface area contributed by atoms with Crippen LogP contribution < -0.4 is 10.1 Å². The Morgan fingerprint density at radius 1 is 1.24 bits per heavy atom. The van der Waals surface area contributed by atoms with Crippen LogP contribution in [0.4, 0.5) is 0 Å². The van der Waals surface area contributed by atoms with Crippen LogP contribution in [-0.4, -0.2) is 34.8 Å². The monoisotopic (exact) mass is 355 g/mol. The number of hydrogen-bond acceptors (Lipinski definition) is 4. The largest absolute Gasteiger partial charge is 0.494 e. The maximum Gasteiger partial charge on any atom is 0.230 e. The number of amides is 1. The van der Waals surface area contributed by atoms with Gasteiger partial charge in [-0.15, -0.1) is 0 Å². The van der Waals surface area contributed by atoms with Crippen molar-refractivity contribution in [3.8, 4) is 5.75 Å². The lowest BCUT2D eigenvalue weighted by molar-refractivity contribution is -0.118. The molecule has 5 nitrogen and oxygen atoms in total. The second kappa shape index (κ2) is 8.58. The van der Waals surface area contributed by atoms with E-state index in [0.717, 1.165) is 28.4 Å². The number of rotatable bonds is 8. The van der Waals surface area contributed by atoms with Crippen molar-refractivity contribution >= 4 is 28.7 Å². The van der Waals surface area contributed by atoms with E-state index in [4.69, 9.17) is 4.74 Å². The predicted molar refractivity (Wildman–Crippen MR) is 101 cm³/mol. The Bertz CT molecular complexity index is 833. The van der Waals surface area contributed by atoms with Gasteiger partial charge in [-0.25, -0.2) is 4.98 Å². The zero-order valence-electron chi connectivity index (χ0n) is 14.1. The molecular weight excluding hydrogens is 334 g/mol. The van der Waals surface area contributed by atoms with Crippen molar-refractivity contribution < 1.29 is 9.53 Å². The van der Waals surface area contributed by atoms with Crippen LogP contribution in [0.3, 0.4) is 0 Å². The van der Waals surface area contributed by atoms with Crippen LogP contribution in [0.15, 0.2) is 53.7 Å². The summed E-state index contributed by atoms with van der Waals surface area (Å²) in [6, 6.07) is 15.9. The van der Waals surface area contributed by atoms with Crippen molar-refractivity contribution in [3.05, 3.63) is 54.1 Å². The molecule has 0 radical (unpaired) electrons. The number of nitrogens with one attached hydrogen (secondary N) is 2. The number of benzene rings is 2. The number of H-pyrrole nitrogens is 1. The summed E-state index contributed by atoms with van der Waals surface area (Å²) in [6.07, 6.45) is 0.835. The molecule has 0 saturated heterocycles. The molecule has 0 aliphatic carbocycles. The number of imidazole rings is 1. The summed E-state index contributed by atoms with van der Waals surface area (Å²) in [5.41, 5.74) is 3.01. The fourth-order valence-electron chi connectivity index (χ4n) is 2.47. The van der Waals surface area contributed by atoms with E-state index in [0.29, 0.717) is 18.9 Å². The highest BCUT2D eigenvalue weighted by atomic mass is 32.2. The average Bonchev–Trinajstić information content (AvgIpc) is 3.03. The molecule has 0 spiro atoms. The Kier molecular flexibility index (Phi) is 5.95. The number of hydrogen-bond donors (Lipinski definition) is 2. The number of thioether (sulfide) groups is 1. The number of aromatic amines is 1. The third kappa shape index (κ3) is 5.00. The summed E-state index contributed by atoms with van der Waals surface area (Å²) < 4.78 is 5.48. The highest BCUT2D eigenvalue weighted by Gasteiger charge is 2.08. The Balaban J connectivity index is 1.47. The highest BCUT2D eigenvalue weighted by molar-refractivity contribution is 7.99. The molecule has 3 aromatic rings. The minimum absolute atomic E-state index is 0.0105. The fourth-order valence-corrected chi connectivity index (χ4v) is 3.18. The second-order valence-corrected chi connectivity index (χ2v) is 6.49. The second-order valence-electron chi connectivity index (χ2n) is 5.53. The van der Waals surface area contributed by atoms with Crippen LogP contribution in [0.5, 0.6) is 5.75 Å². The number of carbonyl (C=O) groups is 1. The van der Waals surface area contributed by atoms with Gasteiger partial charge in [-0.1, -0.05) is 42.1 Å². The van der Waals surface area contributed by atoms with Crippen molar-refractivity contribution in [1.82, 2.24) is 15.3 Å². The molecule has 0 bridgehead atoms. The van der Waals surface area contributed by atoms with Gasteiger partial charge in [-0.05, 0) is 31.0 Å². The first-order valence-corrected chi connectivity index (χ1v) is 9.29. The smallest absolute Gasteiger partial charge is 0.230 e. The lowest BCUT2D eigenvalue weighted by Gasteiger charge is -2.04. The minimum atomic E-state index is 0.0105. The topological polar surface area (TPSA) is 67.0 Å². The van der Waals surface area contributed by atoms with E-state index in [1.807, 2.05) is 43.3 Å². The SMILES string of the molecule is CCOc1ccc2nc(SCC(=O)NCCc3ccccc3)[nH]c2c1. The van der Waals surface area contributed by atoms with Crippen molar-refractivity contribution in [2.24, 2.45) is 0 Å². The van der Waals surface area contributed by atoms with Gasteiger partial charge in [0.2, 0.25) is 5.91 Å². The number of ether oxygens (including phenoxy) is 1. The van der Waals surface area contributed by atoms with E-state index in [1.54, 1.807) is 0 Å². The Morgan fingerprint density at radius 3 is 2.88 bits per heavy atom.